The average molecular weight is 276 g/mol. The first-order chi connectivity index (χ1) is 9.79. The molecule has 1 N–H and O–H groups in total. The molecule has 3 nitrogen and oxygen atoms in total. The minimum Gasteiger partial charge on any atom is -0.492 e. The second kappa shape index (κ2) is 8.28. The molecule has 0 bridgehead atoms. The summed E-state index contributed by atoms with van der Waals surface area (Å²) in [5.74, 6) is 1.07. The first-order valence-corrected chi connectivity index (χ1v) is 7.96. The van der Waals surface area contributed by atoms with Gasteiger partial charge in [0.2, 0.25) is 0 Å². The molecule has 1 aliphatic rings. The third-order valence-electron chi connectivity index (χ3n) is 3.95. The van der Waals surface area contributed by atoms with Crippen LogP contribution in [0.1, 0.15) is 38.7 Å². The lowest BCUT2D eigenvalue weighted by Crippen LogP contribution is -2.28. The van der Waals surface area contributed by atoms with Crippen molar-refractivity contribution < 1.29 is 4.74 Å². The number of ether oxygens (including phenoxy) is 1. The predicted octanol–water partition coefficient (Wildman–Crippen LogP) is 3.05. The fourth-order valence-electron chi connectivity index (χ4n) is 2.81. The molecule has 1 aliphatic heterocycles. The first kappa shape index (κ1) is 15.3. The molecule has 1 aromatic rings. The molecule has 1 aromatic carbocycles. The van der Waals surface area contributed by atoms with Gasteiger partial charge in [-0.05, 0) is 38.9 Å². The smallest absolute Gasteiger partial charge is 0.123 e. The van der Waals surface area contributed by atoms with Crippen LogP contribution in [0.2, 0.25) is 0 Å². The highest BCUT2D eigenvalue weighted by Gasteiger charge is 2.14. The Kier molecular flexibility index (Phi) is 6.34. The maximum Gasteiger partial charge on any atom is 0.123 e. The molecule has 0 aliphatic carbocycles. The summed E-state index contributed by atoms with van der Waals surface area (Å²) in [5.41, 5.74) is 1.33. The third kappa shape index (κ3) is 4.80. The van der Waals surface area contributed by atoms with E-state index < -0.39 is 0 Å². The number of nitrogens with zero attached hydrogens (tertiary/aromatic N) is 1. The molecule has 0 radical (unpaired) electrons. The molecule has 0 fully saturated rings. The van der Waals surface area contributed by atoms with Crippen molar-refractivity contribution in [1.29, 1.82) is 0 Å². The lowest BCUT2D eigenvalue weighted by Gasteiger charge is -2.19. The van der Waals surface area contributed by atoms with Gasteiger partial charge in [-0.1, -0.05) is 31.5 Å². The Balaban J connectivity index is 1.71. The summed E-state index contributed by atoms with van der Waals surface area (Å²) in [7, 11) is 0. The SMILES string of the molecule is CCNC(C)CCCCN1CCOc2ccccc2C1. The van der Waals surface area contributed by atoms with Gasteiger partial charge in [0.1, 0.15) is 12.4 Å². The molecule has 1 atom stereocenters. The monoisotopic (exact) mass is 276 g/mol. The van der Waals surface area contributed by atoms with E-state index >= 15 is 0 Å². The van der Waals surface area contributed by atoms with Gasteiger partial charge in [-0.25, -0.2) is 0 Å². The van der Waals surface area contributed by atoms with Crippen molar-refractivity contribution in [3.63, 3.8) is 0 Å². The Morgan fingerprint density at radius 3 is 3.00 bits per heavy atom. The molecular formula is C17H28N2O. The molecule has 0 saturated carbocycles. The van der Waals surface area contributed by atoms with Gasteiger partial charge >= 0.3 is 0 Å². The molecule has 1 heterocycles. The van der Waals surface area contributed by atoms with Gasteiger partial charge in [-0.2, -0.15) is 0 Å². The molecule has 3 heteroatoms. The van der Waals surface area contributed by atoms with Crippen LogP contribution < -0.4 is 10.1 Å². The Bertz CT molecular complexity index is 394. The van der Waals surface area contributed by atoms with Crippen LogP contribution in [0.4, 0.5) is 0 Å². The zero-order valence-corrected chi connectivity index (χ0v) is 12.9. The average Bonchev–Trinajstić information content (AvgIpc) is 2.65. The van der Waals surface area contributed by atoms with Crippen LogP contribution in [-0.4, -0.2) is 37.2 Å². The van der Waals surface area contributed by atoms with Crippen LogP contribution in [0.25, 0.3) is 0 Å². The number of para-hydroxylation sites is 1. The first-order valence-electron chi connectivity index (χ1n) is 7.96. The maximum atomic E-state index is 5.80. The summed E-state index contributed by atoms with van der Waals surface area (Å²) < 4.78 is 5.80. The summed E-state index contributed by atoms with van der Waals surface area (Å²) in [6.45, 7) is 9.57. The van der Waals surface area contributed by atoms with E-state index in [-0.39, 0.29) is 0 Å². The van der Waals surface area contributed by atoms with E-state index in [9.17, 15) is 0 Å². The molecule has 0 amide bonds. The number of hydrogen-bond acceptors (Lipinski definition) is 3. The van der Waals surface area contributed by atoms with E-state index in [1.807, 2.05) is 0 Å². The summed E-state index contributed by atoms with van der Waals surface area (Å²) >= 11 is 0. The molecule has 0 spiro atoms. The summed E-state index contributed by atoms with van der Waals surface area (Å²) in [4.78, 5) is 2.52. The summed E-state index contributed by atoms with van der Waals surface area (Å²) in [6, 6.07) is 9.06. The van der Waals surface area contributed by atoms with Gasteiger partial charge in [0, 0.05) is 24.7 Å². The second-order valence-corrected chi connectivity index (χ2v) is 5.69. The van der Waals surface area contributed by atoms with Crippen molar-refractivity contribution in [3.05, 3.63) is 29.8 Å². The number of benzene rings is 1. The fourth-order valence-corrected chi connectivity index (χ4v) is 2.81. The van der Waals surface area contributed by atoms with Crippen LogP contribution >= 0.6 is 0 Å². The predicted molar refractivity (Wildman–Crippen MR) is 84.2 cm³/mol. The van der Waals surface area contributed by atoms with Gasteiger partial charge in [-0.3, -0.25) is 4.90 Å². The molecule has 20 heavy (non-hydrogen) atoms. The van der Waals surface area contributed by atoms with Crippen molar-refractivity contribution in [3.8, 4) is 5.75 Å². The molecule has 0 aromatic heterocycles. The van der Waals surface area contributed by atoms with Crippen molar-refractivity contribution in [2.75, 3.05) is 26.2 Å². The van der Waals surface area contributed by atoms with Crippen molar-refractivity contribution in [2.45, 2.75) is 45.7 Å². The van der Waals surface area contributed by atoms with Gasteiger partial charge in [0.05, 0.1) is 0 Å². The van der Waals surface area contributed by atoms with E-state index in [1.165, 1.54) is 31.4 Å². The van der Waals surface area contributed by atoms with E-state index in [0.717, 1.165) is 32.0 Å². The maximum absolute atomic E-state index is 5.80. The van der Waals surface area contributed by atoms with Crippen LogP contribution in [0, 0.1) is 0 Å². The quantitative estimate of drug-likeness (QED) is 0.775. The number of unbranched alkanes of at least 4 members (excludes halogenated alkanes) is 1. The Hall–Kier alpha value is -1.06. The van der Waals surface area contributed by atoms with Gasteiger partial charge in [0.15, 0.2) is 0 Å². The topological polar surface area (TPSA) is 24.5 Å². The van der Waals surface area contributed by atoms with Crippen LogP contribution in [0.3, 0.4) is 0 Å². The number of nitrogens with one attached hydrogen (secondary N) is 1. The molecule has 0 saturated heterocycles. The van der Waals surface area contributed by atoms with Crippen molar-refractivity contribution in [1.82, 2.24) is 10.2 Å². The van der Waals surface area contributed by atoms with E-state index in [0.29, 0.717) is 6.04 Å². The lowest BCUT2D eigenvalue weighted by molar-refractivity contribution is 0.221. The highest BCUT2D eigenvalue weighted by molar-refractivity contribution is 5.33. The number of fused-ring (bicyclic) bond motifs is 1. The summed E-state index contributed by atoms with van der Waals surface area (Å²) in [6.07, 6.45) is 3.85. The highest BCUT2D eigenvalue weighted by Crippen LogP contribution is 2.22. The minimum atomic E-state index is 0.646. The lowest BCUT2D eigenvalue weighted by atomic mass is 10.1. The third-order valence-corrected chi connectivity index (χ3v) is 3.95. The minimum absolute atomic E-state index is 0.646. The van der Waals surface area contributed by atoms with Crippen molar-refractivity contribution >= 4 is 0 Å². The molecule has 1 unspecified atom stereocenters. The Morgan fingerprint density at radius 1 is 1.30 bits per heavy atom. The zero-order valence-electron chi connectivity index (χ0n) is 12.9. The standard InChI is InChI=1S/C17H28N2O/c1-3-18-15(2)8-6-7-11-19-12-13-20-17-10-5-4-9-16(17)14-19/h4-5,9-10,15,18H,3,6-8,11-14H2,1-2H3. The van der Waals surface area contributed by atoms with Gasteiger partial charge in [0.25, 0.3) is 0 Å². The van der Waals surface area contributed by atoms with E-state index in [2.05, 4.69) is 48.3 Å². The van der Waals surface area contributed by atoms with Gasteiger partial charge < -0.3 is 10.1 Å². The van der Waals surface area contributed by atoms with Gasteiger partial charge in [-0.15, -0.1) is 0 Å². The number of hydrogen-bond donors (Lipinski definition) is 1. The Morgan fingerprint density at radius 2 is 2.15 bits per heavy atom. The summed E-state index contributed by atoms with van der Waals surface area (Å²) in [5, 5.41) is 3.47. The highest BCUT2D eigenvalue weighted by atomic mass is 16.5. The molecule has 112 valence electrons. The number of rotatable bonds is 7. The van der Waals surface area contributed by atoms with E-state index in [1.54, 1.807) is 0 Å². The van der Waals surface area contributed by atoms with Crippen LogP contribution in [0.5, 0.6) is 5.75 Å². The van der Waals surface area contributed by atoms with Crippen LogP contribution in [-0.2, 0) is 6.54 Å². The molecular weight excluding hydrogens is 248 g/mol. The Labute approximate surface area is 123 Å². The fraction of sp³-hybridized carbons (Fsp3) is 0.647. The van der Waals surface area contributed by atoms with Crippen molar-refractivity contribution in [2.24, 2.45) is 0 Å². The molecule has 2 rings (SSSR count). The largest absolute Gasteiger partial charge is 0.492 e. The normalized spacial score (nSPS) is 17.1. The second-order valence-electron chi connectivity index (χ2n) is 5.69. The van der Waals surface area contributed by atoms with Crippen LogP contribution in [0.15, 0.2) is 24.3 Å². The van der Waals surface area contributed by atoms with E-state index in [4.69, 9.17) is 4.74 Å². The zero-order chi connectivity index (χ0) is 14.2.